The van der Waals surface area contributed by atoms with Crippen molar-refractivity contribution >= 4 is 34.1 Å². The average molecular weight is 564 g/mol. The van der Waals surface area contributed by atoms with Gasteiger partial charge in [0.2, 0.25) is 5.91 Å². The lowest BCUT2D eigenvalue weighted by molar-refractivity contribution is -0.131. The highest BCUT2D eigenvalue weighted by Gasteiger charge is 2.64. The molecule has 0 radical (unpaired) electrons. The fourth-order valence-electron chi connectivity index (χ4n) is 3.45. The maximum absolute atomic E-state index is 12.8. The van der Waals surface area contributed by atoms with Crippen LogP contribution in [0.25, 0.3) is 0 Å². The van der Waals surface area contributed by atoms with Gasteiger partial charge in [-0.3, -0.25) is 19.1 Å². The fraction of sp³-hybridized carbons (Fsp3) is 0.783. The van der Waals surface area contributed by atoms with Crippen LogP contribution in [0.4, 0.5) is 0 Å². The summed E-state index contributed by atoms with van der Waals surface area (Å²) in [6, 6.07) is 1.17. The lowest BCUT2D eigenvalue weighted by Gasteiger charge is -2.44. The lowest BCUT2D eigenvalue weighted by Crippen LogP contribution is -2.63. The standard InChI is InChI=1S/C23H42ClN3O7Si2/c1-21(2,3)35(7,8)32-13-14-23(31,16(24)18(25)29)17(34-36(9,10)22(4,5)6)19(33-14)27-12-11-15(28)26-20(27)30/h11-12,14,16-17,19,31H,13H2,1-10H3,(H2,25,29)(H,26,28,30)/t14-,16?,17+,19-,23?/m1/s1. The molecule has 0 saturated carbocycles. The van der Waals surface area contributed by atoms with Crippen LogP contribution in [0.3, 0.4) is 0 Å². The van der Waals surface area contributed by atoms with Crippen molar-refractivity contribution in [2.24, 2.45) is 5.73 Å². The first-order chi connectivity index (χ1) is 16.1. The number of carbonyl (C=O) groups is 1. The van der Waals surface area contributed by atoms with E-state index in [0.29, 0.717) is 0 Å². The molecule has 0 spiro atoms. The van der Waals surface area contributed by atoms with E-state index in [-0.39, 0.29) is 16.7 Å². The number of nitrogens with two attached hydrogens (primary N) is 1. The van der Waals surface area contributed by atoms with Gasteiger partial charge in [0.15, 0.2) is 22.9 Å². The Morgan fingerprint density at radius 2 is 1.72 bits per heavy atom. The topological polar surface area (TPSA) is 146 Å². The van der Waals surface area contributed by atoms with Crippen LogP contribution in [0, 0.1) is 0 Å². The third-order valence-corrected chi connectivity index (χ3v) is 17.5. The fourth-order valence-corrected chi connectivity index (χ4v) is 6.01. The molecule has 5 atom stereocenters. The summed E-state index contributed by atoms with van der Waals surface area (Å²) in [6.07, 6.45) is -2.36. The van der Waals surface area contributed by atoms with Gasteiger partial charge in [0.05, 0.1) is 6.61 Å². The maximum atomic E-state index is 12.8. The van der Waals surface area contributed by atoms with Gasteiger partial charge in [0.1, 0.15) is 23.2 Å². The first kappa shape index (κ1) is 30.9. The van der Waals surface area contributed by atoms with Crippen molar-refractivity contribution < 1.29 is 23.5 Å². The second-order valence-electron chi connectivity index (χ2n) is 12.6. The van der Waals surface area contributed by atoms with Crippen molar-refractivity contribution in [1.29, 1.82) is 0 Å². The van der Waals surface area contributed by atoms with E-state index in [0.717, 1.165) is 4.57 Å². The SMILES string of the molecule is CC(C)(C)[Si](C)(C)OC[C@H]1O[C@@H](n2ccc(=O)[nH]c2=O)[C@H](O[Si](C)(C)C(C)(C)C)C1(O)C(Cl)C(N)=O. The Bertz CT molecular complexity index is 1080. The third-order valence-electron chi connectivity index (χ3n) is 7.94. The van der Waals surface area contributed by atoms with Gasteiger partial charge in [-0.25, -0.2) is 4.79 Å². The smallest absolute Gasteiger partial charge is 0.330 e. The van der Waals surface area contributed by atoms with Crippen molar-refractivity contribution in [1.82, 2.24) is 9.55 Å². The minimum Gasteiger partial charge on any atom is -0.414 e. The van der Waals surface area contributed by atoms with Crippen LogP contribution in [0.1, 0.15) is 47.8 Å². The van der Waals surface area contributed by atoms with Gasteiger partial charge < -0.3 is 24.4 Å². The van der Waals surface area contributed by atoms with Crippen LogP contribution in [0.15, 0.2) is 21.9 Å². The second-order valence-corrected chi connectivity index (χ2v) is 22.6. The number of carbonyl (C=O) groups excluding carboxylic acids is 1. The van der Waals surface area contributed by atoms with Crippen LogP contribution in [-0.4, -0.2) is 67.0 Å². The Hall–Kier alpha value is -1.29. The molecule has 0 aliphatic carbocycles. The lowest BCUT2D eigenvalue weighted by atomic mass is 9.88. The van der Waals surface area contributed by atoms with E-state index in [1.165, 1.54) is 12.3 Å². The van der Waals surface area contributed by atoms with Crippen LogP contribution in [-0.2, 0) is 18.4 Å². The number of amides is 1. The molecular formula is C23H42ClN3O7Si2. The highest BCUT2D eigenvalue weighted by molar-refractivity contribution is 6.74. The van der Waals surface area contributed by atoms with E-state index in [1.807, 2.05) is 47.0 Å². The zero-order chi connectivity index (χ0) is 28.1. The van der Waals surface area contributed by atoms with Crippen LogP contribution < -0.4 is 17.0 Å². The normalized spacial score (nSPS) is 26.7. The molecule has 1 aromatic heterocycles. The summed E-state index contributed by atoms with van der Waals surface area (Å²) in [4.78, 5) is 39.0. The molecule has 4 N–H and O–H groups in total. The van der Waals surface area contributed by atoms with E-state index in [4.69, 9.17) is 30.9 Å². The number of H-pyrrole nitrogens is 1. The number of nitrogens with one attached hydrogen (secondary N) is 1. The molecule has 1 amide bonds. The Morgan fingerprint density at radius 3 is 2.17 bits per heavy atom. The number of hydrogen-bond donors (Lipinski definition) is 3. The molecule has 2 unspecified atom stereocenters. The molecule has 10 nitrogen and oxygen atoms in total. The molecule has 1 fully saturated rings. The summed E-state index contributed by atoms with van der Waals surface area (Å²) in [5.74, 6) is -0.960. The highest BCUT2D eigenvalue weighted by atomic mass is 35.5. The monoisotopic (exact) mass is 563 g/mol. The van der Waals surface area contributed by atoms with Crippen molar-refractivity contribution in [3.05, 3.63) is 33.1 Å². The molecule has 0 aromatic carbocycles. The highest BCUT2D eigenvalue weighted by Crippen LogP contribution is 2.48. The molecule has 206 valence electrons. The van der Waals surface area contributed by atoms with Crippen molar-refractivity contribution in [2.75, 3.05) is 6.61 Å². The third kappa shape index (κ3) is 5.89. The number of ether oxygens (including phenoxy) is 1. The van der Waals surface area contributed by atoms with Crippen LogP contribution >= 0.6 is 11.6 Å². The van der Waals surface area contributed by atoms with E-state index in [1.54, 1.807) is 0 Å². The molecule has 1 aliphatic rings. The largest absolute Gasteiger partial charge is 0.414 e. The summed E-state index contributed by atoms with van der Waals surface area (Å²) in [6.45, 7) is 20.2. The summed E-state index contributed by atoms with van der Waals surface area (Å²) in [5.41, 5.74) is 2.11. The number of aromatic amines is 1. The summed E-state index contributed by atoms with van der Waals surface area (Å²) < 4.78 is 20.3. The van der Waals surface area contributed by atoms with E-state index in [2.05, 4.69) is 25.8 Å². The molecular weight excluding hydrogens is 522 g/mol. The summed E-state index contributed by atoms with van der Waals surface area (Å²) in [5, 5.41) is 10.1. The van der Waals surface area contributed by atoms with Crippen molar-refractivity contribution in [3.8, 4) is 0 Å². The Morgan fingerprint density at radius 1 is 1.19 bits per heavy atom. The summed E-state index contributed by atoms with van der Waals surface area (Å²) in [7, 11) is -4.95. The van der Waals surface area contributed by atoms with Gasteiger partial charge >= 0.3 is 5.69 Å². The zero-order valence-corrected chi connectivity index (χ0v) is 25.7. The average Bonchev–Trinajstić information content (AvgIpc) is 2.96. The molecule has 1 aromatic rings. The Labute approximate surface area is 219 Å². The summed E-state index contributed by atoms with van der Waals surface area (Å²) >= 11 is 6.49. The molecule has 2 rings (SSSR count). The molecule has 13 heteroatoms. The Kier molecular flexibility index (Phi) is 8.69. The van der Waals surface area contributed by atoms with Crippen LogP contribution in [0.5, 0.6) is 0 Å². The number of aliphatic hydroxyl groups is 1. The molecule has 1 aliphatic heterocycles. The molecule has 2 heterocycles. The number of halogens is 1. The van der Waals surface area contributed by atoms with Crippen molar-refractivity contribution in [3.63, 3.8) is 0 Å². The van der Waals surface area contributed by atoms with Gasteiger partial charge in [-0.2, -0.15) is 0 Å². The Balaban J connectivity index is 2.69. The molecule has 1 saturated heterocycles. The van der Waals surface area contributed by atoms with Gasteiger partial charge in [-0.05, 0) is 36.3 Å². The van der Waals surface area contributed by atoms with E-state index >= 15 is 0 Å². The minimum atomic E-state index is -2.63. The minimum absolute atomic E-state index is 0.102. The van der Waals surface area contributed by atoms with Crippen molar-refractivity contribution in [2.45, 2.75) is 107 Å². The number of aromatic nitrogens is 2. The number of alkyl halides is 1. The first-order valence-electron chi connectivity index (χ1n) is 12.0. The van der Waals surface area contributed by atoms with E-state index in [9.17, 15) is 19.5 Å². The first-order valence-corrected chi connectivity index (χ1v) is 18.3. The van der Waals surface area contributed by atoms with Crippen LogP contribution in [0.2, 0.25) is 36.3 Å². The molecule has 0 bridgehead atoms. The van der Waals surface area contributed by atoms with Gasteiger partial charge in [-0.1, -0.05) is 41.5 Å². The molecule has 36 heavy (non-hydrogen) atoms. The maximum Gasteiger partial charge on any atom is 0.330 e. The zero-order valence-electron chi connectivity index (χ0n) is 23.0. The van der Waals surface area contributed by atoms with Gasteiger partial charge in [-0.15, -0.1) is 11.6 Å². The number of nitrogens with zero attached hydrogens (tertiary/aromatic N) is 1. The predicted molar refractivity (Wildman–Crippen MR) is 144 cm³/mol. The second kappa shape index (κ2) is 10.1. The quantitative estimate of drug-likeness (QED) is 0.325. The number of rotatable bonds is 8. The predicted octanol–water partition coefficient (Wildman–Crippen LogP) is 2.67. The van der Waals surface area contributed by atoms with Gasteiger partial charge in [0.25, 0.3) is 5.56 Å². The number of hydrogen-bond acceptors (Lipinski definition) is 7. The van der Waals surface area contributed by atoms with Gasteiger partial charge in [0, 0.05) is 12.3 Å². The van der Waals surface area contributed by atoms with E-state index < -0.39 is 63.2 Å². The number of primary amides is 1.